The highest BCUT2D eigenvalue weighted by Crippen LogP contribution is 2.35. The molecule has 18 heavy (non-hydrogen) atoms. The van der Waals surface area contributed by atoms with Crippen LogP contribution in [0.1, 0.15) is 28.4 Å². The Bertz CT molecular complexity index is 535. The van der Waals surface area contributed by atoms with Crippen LogP contribution in [0, 0.1) is 3.57 Å². The first-order valence-corrected chi connectivity index (χ1v) is 8.58. The molecule has 2 aromatic rings. The Balaban J connectivity index is 2.34. The summed E-state index contributed by atoms with van der Waals surface area (Å²) in [5.41, 5.74) is 3.97. The maximum absolute atomic E-state index is 3.80. The highest BCUT2D eigenvalue weighted by atomic mass is 127. The summed E-state index contributed by atoms with van der Waals surface area (Å²) in [6.45, 7) is 2.18. The first-order chi connectivity index (χ1) is 8.61. The lowest BCUT2D eigenvalue weighted by atomic mass is 10.0. The third-order valence-corrected chi connectivity index (χ3v) is 5.41. The van der Waals surface area contributed by atoms with E-state index in [0.717, 1.165) is 10.9 Å². The van der Waals surface area contributed by atoms with Gasteiger partial charge in [-0.05, 0) is 63.9 Å². The molecule has 0 heterocycles. The van der Waals surface area contributed by atoms with Crippen LogP contribution in [0.2, 0.25) is 0 Å². The van der Waals surface area contributed by atoms with Crippen LogP contribution in [0.5, 0.6) is 0 Å². The van der Waals surface area contributed by atoms with Gasteiger partial charge in [0.1, 0.15) is 0 Å². The Kier molecular flexibility index (Phi) is 5.27. The molecular formula is C15H13Br2I. The van der Waals surface area contributed by atoms with Gasteiger partial charge in [0.2, 0.25) is 0 Å². The zero-order valence-corrected chi connectivity index (χ0v) is 15.3. The van der Waals surface area contributed by atoms with Crippen molar-refractivity contribution in [2.75, 3.05) is 0 Å². The molecule has 0 nitrogen and oxygen atoms in total. The molecule has 0 saturated heterocycles. The third kappa shape index (κ3) is 3.36. The van der Waals surface area contributed by atoms with E-state index in [-0.39, 0.29) is 4.83 Å². The molecule has 94 valence electrons. The van der Waals surface area contributed by atoms with E-state index in [1.807, 2.05) is 0 Å². The first-order valence-electron chi connectivity index (χ1n) is 5.79. The lowest BCUT2D eigenvalue weighted by molar-refractivity contribution is 1.11. The van der Waals surface area contributed by atoms with Gasteiger partial charge in [0, 0.05) is 8.04 Å². The largest absolute Gasteiger partial charge is 0.0786 e. The number of aryl methyl sites for hydroxylation is 1. The second-order valence-corrected chi connectivity index (χ2v) is 7.12. The van der Waals surface area contributed by atoms with Crippen molar-refractivity contribution in [3.63, 3.8) is 0 Å². The summed E-state index contributed by atoms with van der Waals surface area (Å²) in [5.74, 6) is 0. The number of rotatable bonds is 3. The maximum Gasteiger partial charge on any atom is 0.0655 e. The van der Waals surface area contributed by atoms with Gasteiger partial charge in [-0.2, -0.15) is 0 Å². The molecule has 0 saturated carbocycles. The fourth-order valence-electron chi connectivity index (χ4n) is 1.81. The van der Waals surface area contributed by atoms with E-state index < -0.39 is 0 Å². The number of hydrogen-bond acceptors (Lipinski definition) is 0. The predicted molar refractivity (Wildman–Crippen MR) is 93.4 cm³/mol. The second-order valence-electron chi connectivity index (χ2n) is 4.12. The molecule has 0 aliphatic heterocycles. The van der Waals surface area contributed by atoms with E-state index >= 15 is 0 Å². The molecular weight excluding hydrogens is 467 g/mol. The number of benzene rings is 2. The van der Waals surface area contributed by atoms with Crippen LogP contribution < -0.4 is 0 Å². The lowest BCUT2D eigenvalue weighted by Crippen LogP contribution is -1.96. The molecule has 1 atom stereocenters. The van der Waals surface area contributed by atoms with Crippen LogP contribution in [0.25, 0.3) is 0 Å². The molecule has 0 aliphatic carbocycles. The van der Waals surface area contributed by atoms with Crippen LogP contribution in [0.4, 0.5) is 0 Å². The molecule has 0 N–H and O–H groups in total. The average Bonchev–Trinajstić information content (AvgIpc) is 2.41. The van der Waals surface area contributed by atoms with Crippen LogP contribution in [-0.4, -0.2) is 0 Å². The lowest BCUT2D eigenvalue weighted by Gasteiger charge is -2.13. The van der Waals surface area contributed by atoms with Crippen molar-refractivity contribution in [2.45, 2.75) is 18.2 Å². The summed E-state index contributed by atoms with van der Waals surface area (Å²) in [6.07, 6.45) is 1.08. The Hall–Kier alpha value is 0.130. The molecule has 0 fully saturated rings. The normalized spacial score (nSPS) is 12.4. The van der Waals surface area contributed by atoms with Gasteiger partial charge in [-0.3, -0.25) is 0 Å². The quantitative estimate of drug-likeness (QED) is 0.368. The van der Waals surface area contributed by atoms with Crippen LogP contribution in [-0.2, 0) is 6.42 Å². The molecule has 0 aliphatic rings. The van der Waals surface area contributed by atoms with Crippen molar-refractivity contribution in [3.8, 4) is 0 Å². The average molecular weight is 480 g/mol. The van der Waals surface area contributed by atoms with Crippen LogP contribution >= 0.6 is 54.5 Å². The topological polar surface area (TPSA) is 0 Å². The van der Waals surface area contributed by atoms with Crippen molar-refractivity contribution in [1.82, 2.24) is 0 Å². The molecule has 0 bridgehead atoms. The monoisotopic (exact) mass is 478 g/mol. The highest BCUT2D eigenvalue weighted by Gasteiger charge is 2.13. The van der Waals surface area contributed by atoms with E-state index in [1.54, 1.807) is 0 Å². The highest BCUT2D eigenvalue weighted by molar-refractivity contribution is 14.1. The SMILES string of the molecule is CCc1ccc(C(Br)c2cc(Br)ccc2I)cc1. The van der Waals surface area contributed by atoms with E-state index in [2.05, 4.69) is 104 Å². The molecule has 2 rings (SSSR count). The van der Waals surface area contributed by atoms with Gasteiger partial charge >= 0.3 is 0 Å². The van der Waals surface area contributed by atoms with Crippen molar-refractivity contribution in [3.05, 3.63) is 67.2 Å². The third-order valence-electron chi connectivity index (χ3n) is 2.91. The van der Waals surface area contributed by atoms with Crippen molar-refractivity contribution < 1.29 is 0 Å². The second kappa shape index (κ2) is 6.53. The fourth-order valence-corrected chi connectivity index (χ4v) is 3.95. The Morgan fingerprint density at radius 3 is 2.39 bits per heavy atom. The van der Waals surface area contributed by atoms with Gasteiger partial charge in [-0.1, -0.05) is 63.0 Å². The Labute approximate surface area is 139 Å². The van der Waals surface area contributed by atoms with Crippen molar-refractivity contribution in [1.29, 1.82) is 0 Å². The Morgan fingerprint density at radius 1 is 1.11 bits per heavy atom. The Morgan fingerprint density at radius 2 is 1.78 bits per heavy atom. The fraction of sp³-hybridized carbons (Fsp3) is 0.200. The summed E-state index contributed by atoms with van der Waals surface area (Å²) in [7, 11) is 0. The summed E-state index contributed by atoms with van der Waals surface area (Å²) in [5, 5.41) is 0. The van der Waals surface area contributed by atoms with Gasteiger partial charge in [0.05, 0.1) is 4.83 Å². The summed E-state index contributed by atoms with van der Waals surface area (Å²) >= 11 is 9.72. The molecule has 0 spiro atoms. The summed E-state index contributed by atoms with van der Waals surface area (Å²) in [6, 6.07) is 15.2. The van der Waals surface area contributed by atoms with E-state index in [9.17, 15) is 0 Å². The van der Waals surface area contributed by atoms with Crippen LogP contribution in [0.15, 0.2) is 46.9 Å². The minimum atomic E-state index is 0.243. The van der Waals surface area contributed by atoms with Gasteiger partial charge < -0.3 is 0 Å². The maximum atomic E-state index is 3.80. The molecule has 3 heteroatoms. The van der Waals surface area contributed by atoms with Gasteiger partial charge in [-0.25, -0.2) is 0 Å². The molecule has 1 unspecified atom stereocenters. The van der Waals surface area contributed by atoms with Gasteiger partial charge in [0.25, 0.3) is 0 Å². The first kappa shape index (κ1) is 14.5. The van der Waals surface area contributed by atoms with Crippen molar-refractivity contribution >= 4 is 54.5 Å². The number of hydrogen-bond donors (Lipinski definition) is 0. The summed E-state index contributed by atoms with van der Waals surface area (Å²) < 4.78 is 2.39. The van der Waals surface area contributed by atoms with Crippen LogP contribution in [0.3, 0.4) is 0 Å². The number of alkyl halides is 1. The minimum Gasteiger partial charge on any atom is -0.0786 e. The van der Waals surface area contributed by atoms with Crippen molar-refractivity contribution in [2.24, 2.45) is 0 Å². The van der Waals surface area contributed by atoms with E-state index in [1.165, 1.54) is 20.3 Å². The van der Waals surface area contributed by atoms with E-state index in [4.69, 9.17) is 0 Å². The van der Waals surface area contributed by atoms with Gasteiger partial charge in [0.15, 0.2) is 0 Å². The minimum absolute atomic E-state index is 0.243. The molecule has 2 aromatic carbocycles. The molecule has 0 radical (unpaired) electrons. The smallest absolute Gasteiger partial charge is 0.0655 e. The molecule has 0 aromatic heterocycles. The number of halogens is 3. The summed E-state index contributed by atoms with van der Waals surface area (Å²) in [4.78, 5) is 0.243. The van der Waals surface area contributed by atoms with Gasteiger partial charge in [-0.15, -0.1) is 0 Å². The molecule has 0 amide bonds. The zero-order valence-electron chi connectivity index (χ0n) is 9.96. The van der Waals surface area contributed by atoms with E-state index in [0.29, 0.717) is 0 Å². The zero-order chi connectivity index (χ0) is 13.1. The standard InChI is InChI=1S/C15H13Br2I/c1-2-10-3-5-11(6-4-10)15(17)13-9-12(16)7-8-14(13)18/h3-9,15H,2H2,1H3. The predicted octanol–water partition coefficient (Wildman–Crippen LogP) is 6.10.